The van der Waals surface area contributed by atoms with Gasteiger partial charge in [-0.15, -0.1) is 0 Å². The fourth-order valence-corrected chi connectivity index (χ4v) is 2.69. The van der Waals surface area contributed by atoms with Crippen LogP contribution in [0.3, 0.4) is 0 Å². The number of hydrogen-bond donors (Lipinski definition) is 1. The zero-order chi connectivity index (χ0) is 19.1. The van der Waals surface area contributed by atoms with Crippen LogP contribution >= 0.6 is 0 Å². The van der Waals surface area contributed by atoms with Crippen LogP contribution in [0.4, 0.5) is 5.69 Å². The number of nitrogens with zero attached hydrogens (tertiary/aromatic N) is 2. The van der Waals surface area contributed by atoms with Gasteiger partial charge in [-0.3, -0.25) is 9.78 Å². The van der Waals surface area contributed by atoms with Crippen LogP contribution in [0.2, 0.25) is 0 Å². The Morgan fingerprint density at radius 1 is 1.07 bits per heavy atom. The minimum absolute atomic E-state index is 0.159. The molecule has 27 heavy (non-hydrogen) atoms. The van der Waals surface area contributed by atoms with Crippen molar-refractivity contribution in [2.75, 3.05) is 19.4 Å². The number of aromatic nitrogens is 1. The minimum Gasteiger partial charge on any atom is -0.489 e. The molecule has 0 radical (unpaired) electrons. The lowest BCUT2D eigenvalue weighted by molar-refractivity contribution is 0.102. The maximum absolute atomic E-state index is 12.7. The first-order valence-corrected chi connectivity index (χ1v) is 8.77. The molecule has 0 unspecified atom stereocenters. The number of rotatable bonds is 7. The summed E-state index contributed by atoms with van der Waals surface area (Å²) in [4.78, 5) is 18.8. The summed E-state index contributed by atoms with van der Waals surface area (Å²) in [5.74, 6) is 0.487. The van der Waals surface area contributed by atoms with Crippen LogP contribution in [0.5, 0.6) is 5.75 Å². The molecule has 0 fully saturated rings. The van der Waals surface area contributed by atoms with Crippen molar-refractivity contribution in [1.29, 1.82) is 0 Å². The number of para-hydroxylation sites is 1. The molecule has 0 saturated carbocycles. The van der Waals surface area contributed by atoms with Gasteiger partial charge in [0.2, 0.25) is 0 Å². The SMILES string of the molecule is CN(C)Cc1ccccc1NC(=O)c1cccc(OCc2cccnc2)c1. The summed E-state index contributed by atoms with van der Waals surface area (Å²) in [6, 6.07) is 18.8. The van der Waals surface area contributed by atoms with Crippen LogP contribution < -0.4 is 10.1 Å². The van der Waals surface area contributed by atoms with E-state index in [1.165, 1.54) is 0 Å². The van der Waals surface area contributed by atoms with Crippen LogP contribution in [0.1, 0.15) is 21.5 Å². The summed E-state index contributed by atoms with van der Waals surface area (Å²) >= 11 is 0. The molecule has 2 aromatic carbocycles. The van der Waals surface area contributed by atoms with Crippen LogP contribution in [0, 0.1) is 0 Å². The predicted molar refractivity (Wildman–Crippen MR) is 107 cm³/mol. The van der Waals surface area contributed by atoms with Crippen molar-refractivity contribution in [2.45, 2.75) is 13.2 Å². The summed E-state index contributed by atoms with van der Waals surface area (Å²) in [6.07, 6.45) is 3.49. The van der Waals surface area contributed by atoms with E-state index >= 15 is 0 Å². The van der Waals surface area contributed by atoms with Gasteiger partial charge in [0.05, 0.1) is 0 Å². The van der Waals surface area contributed by atoms with Gasteiger partial charge >= 0.3 is 0 Å². The van der Waals surface area contributed by atoms with Crippen molar-refractivity contribution >= 4 is 11.6 Å². The van der Waals surface area contributed by atoms with Gasteiger partial charge < -0.3 is 15.0 Å². The summed E-state index contributed by atoms with van der Waals surface area (Å²) in [5, 5.41) is 3.00. The second-order valence-electron chi connectivity index (χ2n) is 6.53. The molecule has 1 aromatic heterocycles. The first-order chi connectivity index (χ1) is 13.1. The van der Waals surface area contributed by atoms with Gasteiger partial charge in [0, 0.05) is 35.8 Å². The van der Waals surface area contributed by atoms with Gasteiger partial charge in [0.25, 0.3) is 5.91 Å². The van der Waals surface area contributed by atoms with Gasteiger partial charge in [0.15, 0.2) is 0 Å². The van der Waals surface area contributed by atoms with Crippen molar-refractivity contribution in [1.82, 2.24) is 9.88 Å². The Morgan fingerprint density at radius 3 is 2.70 bits per heavy atom. The molecular formula is C22H23N3O2. The summed E-state index contributed by atoms with van der Waals surface area (Å²) in [6.45, 7) is 1.16. The molecular weight excluding hydrogens is 338 g/mol. The second kappa shape index (κ2) is 8.96. The highest BCUT2D eigenvalue weighted by atomic mass is 16.5. The maximum atomic E-state index is 12.7. The number of pyridine rings is 1. The molecule has 1 amide bonds. The van der Waals surface area contributed by atoms with Crippen molar-refractivity contribution in [3.8, 4) is 5.75 Å². The molecule has 0 aliphatic heterocycles. The van der Waals surface area contributed by atoms with E-state index in [2.05, 4.69) is 15.2 Å². The fraction of sp³-hybridized carbons (Fsp3) is 0.182. The number of carbonyl (C=O) groups excluding carboxylic acids is 1. The molecule has 0 atom stereocenters. The van der Waals surface area contributed by atoms with E-state index < -0.39 is 0 Å². The Morgan fingerprint density at radius 2 is 1.93 bits per heavy atom. The van der Waals surface area contributed by atoms with Crippen LogP contribution in [-0.4, -0.2) is 29.9 Å². The Bertz CT molecular complexity index is 895. The molecule has 5 heteroatoms. The monoisotopic (exact) mass is 361 g/mol. The maximum Gasteiger partial charge on any atom is 0.255 e. The number of anilines is 1. The number of nitrogens with one attached hydrogen (secondary N) is 1. The lowest BCUT2D eigenvalue weighted by Crippen LogP contribution is -2.16. The van der Waals surface area contributed by atoms with Gasteiger partial charge in [-0.25, -0.2) is 0 Å². The normalized spacial score (nSPS) is 10.6. The summed E-state index contributed by atoms with van der Waals surface area (Å²) in [7, 11) is 4.00. The predicted octanol–water partition coefficient (Wildman–Crippen LogP) is 3.97. The van der Waals surface area contributed by atoms with Gasteiger partial charge in [-0.2, -0.15) is 0 Å². The Hall–Kier alpha value is -3.18. The minimum atomic E-state index is -0.159. The van der Waals surface area contributed by atoms with Gasteiger partial charge in [-0.1, -0.05) is 30.3 Å². The molecule has 1 heterocycles. The van der Waals surface area contributed by atoms with Crippen molar-refractivity contribution in [2.24, 2.45) is 0 Å². The third-order valence-corrected chi connectivity index (χ3v) is 3.98. The quantitative estimate of drug-likeness (QED) is 0.692. The van der Waals surface area contributed by atoms with E-state index in [1.54, 1.807) is 24.5 Å². The van der Waals surface area contributed by atoms with Crippen molar-refractivity contribution in [3.05, 3.63) is 89.7 Å². The van der Waals surface area contributed by atoms with Crippen LogP contribution in [-0.2, 0) is 13.2 Å². The highest BCUT2D eigenvalue weighted by Gasteiger charge is 2.10. The largest absolute Gasteiger partial charge is 0.489 e. The Balaban J connectivity index is 1.69. The smallest absolute Gasteiger partial charge is 0.255 e. The molecule has 0 bridgehead atoms. The van der Waals surface area contributed by atoms with E-state index in [0.717, 1.165) is 23.4 Å². The zero-order valence-electron chi connectivity index (χ0n) is 15.6. The molecule has 3 rings (SSSR count). The summed E-state index contributed by atoms with van der Waals surface area (Å²) in [5.41, 5.74) is 3.42. The standard InChI is InChI=1S/C22H23N3O2/c1-25(2)15-19-8-3-4-11-21(19)24-22(26)18-9-5-10-20(13-18)27-16-17-7-6-12-23-14-17/h3-14H,15-16H2,1-2H3,(H,24,26). The number of hydrogen-bond acceptors (Lipinski definition) is 4. The molecule has 5 nitrogen and oxygen atoms in total. The van der Waals surface area contributed by atoms with Crippen molar-refractivity contribution in [3.63, 3.8) is 0 Å². The number of ether oxygens (including phenoxy) is 1. The Kier molecular flexibility index (Phi) is 6.18. The lowest BCUT2D eigenvalue weighted by Gasteiger charge is -2.15. The Labute approximate surface area is 159 Å². The third-order valence-electron chi connectivity index (χ3n) is 3.98. The fourth-order valence-electron chi connectivity index (χ4n) is 2.69. The molecule has 3 aromatic rings. The average Bonchev–Trinajstić information content (AvgIpc) is 2.68. The second-order valence-corrected chi connectivity index (χ2v) is 6.53. The zero-order valence-corrected chi connectivity index (χ0v) is 15.6. The van der Waals surface area contributed by atoms with E-state index in [-0.39, 0.29) is 5.91 Å². The molecule has 138 valence electrons. The van der Waals surface area contributed by atoms with E-state index in [1.807, 2.05) is 62.6 Å². The molecule has 0 aliphatic carbocycles. The van der Waals surface area contributed by atoms with Crippen LogP contribution in [0.15, 0.2) is 73.1 Å². The number of amides is 1. The average molecular weight is 361 g/mol. The highest BCUT2D eigenvalue weighted by molar-refractivity contribution is 6.04. The first-order valence-electron chi connectivity index (χ1n) is 8.77. The van der Waals surface area contributed by atoms with E-state index in [4.69, 9.17) is 4.74 Å². The highest BCUT2D eigenvalue weighted by Crippen LogP contribution is 2.20. The molecule has 0 spiro atoms. The molecule has 0 aliphatic rings. The van der Waals surface area contributed by atoms with Gasteiger partial charge in [0.1, 0.15) is 12.4 Å². The molecule has 1 N–H and O–H groups in total. The first kappa shape index (κ1) is 18.6. The summed E-state index contributed by atoms with van der Waals surface area (Å²) < 4.78 is 5.78. The lowest BCUT2D eigenvalue weighted by atomic mass is 10.1. The van der Waals surface area contributed by atoms with Crippen molar-refractivity contribution < 1.29 is 9.53 Å². The van der Waals surface area contributed by atoms with Crippen LogP contribution in [0.25, 0.3) is 0 Å². The number of carbonyl (C=O) groups is 1. The van der Waals surface area contributed by atoms with Gasteiger partial charge in [-0.05, 0) is 50.0 Å². The molecule has 0 saturated heterocycles. The van der Waals surface area contributed by atoms with E-state index in [0.29, 0.717) is 17.9 Å². The number of benzene rings is 2. The van der Waals surface area contributed by atoms with E-state index in [9.17, 15) is 4.79 Å². The third kappa shape index (κ3) is 5.39. The topological polar surface area (TPSA) is 54.5 Å².